The molecule has 0 fully saturated rings. The molecule has 4 N–H and O–H groups in total. The van der Waals surface area contributed by atoms with E-state index in [9.17, 15) is 13.2 Å². The lowest BCUT2D eigenvalue weighted by atomic mass is 10.2. The molecule has 1 aliphatic heterocycles. The minimum absolute atomic E-state index is 0.144. The van der Waals surface area contributed by atoms with Crippen LogP contribution < -0.4 is 25.4 Å². The van der Waals surface area contributed by atoms with E-state index in [2.05, 4.69) is 30.8 Å². The molecule has 0 unspecified atom stereocenters. The number of carbonyl (C=O) groups is 1. The van der Waals surface area contributed by atoms with E-state index in [0.29, 0.717) is 40.0 Å². The highest BCUT2D eigenvalue weighted by Crippen LogP contribution is 2.31. The van der Waals surface area contributed by atoms with Gasteiger partial charge in [0.1, 0.15) is 29.6 Å². The van der Waals surface area contributed by atoms with Crippen molar-refractivity contribution in [2.45, 2.75) is 0 Å². The number of amides is 1. The highest BCUT2D eigenvalue weighted by molar-refractivity contribution is 7.92. The molecule has 3 heterocycles. The SMILES string of the molecule is CNc1cc2nc3c(cnn13)C(=O)NCCOc1cc(ccc1NS(C)(=O)=O)N2. The zero-order valence-corrected chi connectivity index (χ0v) is 16.5. The number of nitrogens with one attached hydrogen (secondary N) is 4. The molecule has 0 atom stereocenters. The van der Waals surface area contributed by atoms with Gasteiger partial charge in [-0.2, -0.15) is 9.61 Å². The average molecular weight is 417 g/mol. The molecule has 152 valence electrons. The topological polar surface area (TPSA) is 139 Å². The van der Waals surface area contributed by atoms with Gasteiger partial charge in [-0.15, -0.1) is 0 Å². The van der Waals surface area contributed by atoms with Crippen LogP contribution in [0.4, 0.5) is 23.0 Å². The number of aromatic nitrogens is 3. The fourth-order valence-corrected chi connectivity index (χ4v) is 3.51. The van der Waals surface area contributed by atoms with Crippen LogP contribution in [0.5, 0.6) is 5.75 Å². The first-order chi connectivity index (χ1) is 13.8. The summed E-state index contributed by atoms with van der Waals surface area (Å²) >= 11 is 0. The normalized spacial score (nSPS) is 14.1. The predicted octanol–water partition coefficient (Wildman–Crippen LogP) is 1.01. The minimum Gasteiger partial charge on any atom is -0.489 e. The summed E-state index contributed by atoms with van der Waals surface area (Å²) in [5.41, 5.74) is 1.66. The zero-order valence-electron chi connectivity index (χ0n) is 15.7. The Hall–Kier alpha value is -3.54. The van der Waals surface area contributed by atoms with Gasteiger partial charge in [-0.05, 0) is 12.1 Å². The van der Waals surface area contributed by atoms with Crippen molar-refractivity contribution in [1.29, 1.82) is 0 Å². The molecule has 29 heavy (non-hydrogen) atoms. The number of hydrogen-bond acceptors (Lipinski definition) is 8. The molecule has 4 rings (SSSR count). The van der Waals surface area contributed by atoms with Gasteiger partial charge in [0, 0.05) is 24.9 Å². The van der Waals surface area contributed by atoms with Crippen LogP contribution in [0.25, 0.3) is 5.65 Å². The van der Waals surface area contributed by atoms with Gasteiger partial charge in [-0.3, -0.25) is 9.52 Å². The van der Waals surface area contributed by atoms with Crippen LogP contribution in [-0.4, -0.2) is 55.4 Å². The first-order valence-electron chi connectivity index (χ1n) is 8.70. The average Bonchev–Trinajstić information content (AvgIpc) is 3.08. The Morgan fingerprint density at radius 3 is 2.86 bits per heavy atom. The number of ether oxygens (including phenoxy) is 1. The molecule has 1 amide bonds. The molecule has 1 aromatic carbocycles. The summed E-state index contributed by atoms with van der Waals surface area (Å²) in [5, 5.41) is 13.2. The third kappa shape index (κ3) is 3.87. The van der Waals surface area contributed by atoms with E-state index >= 15 is 0 Å². The molecular weight excluding hydrogens is 398 g/mol. The Kier molecular flexibility index (Phi) is 4.62. The van der Waals surface area contributed by atoms with Gasteiger partial charge in [-0.1, -0.05) is 0 Å². The van der Waals surface area contributed by atoms with Crippen molar-refractivity contribution >= 4 is 44.6 Å². The maximum Gasteiger partial charge on any atom is 0.256 e. The van der Waals surface area contributed by atoms with Crippen LogP contribution in [-0.2, 0) is 10.0 Å². The molecular formula is C17H19N7O4S. The van der Waals surface area contributed by atoms with Crippen molar-refractivity contribution in [2.75, 3.05) is 41.8 Å². The molecule has 0 saturated carbocycles. The summed E-state index contributed by atoms with van der Waals surface area (Å²) in [7, 11) is -1.74. The summed E-state index contributed by atoms with van der Waals surface area (Å²) in [5.74, 6) is 1.10. The van der Waals surface area contributed by atoms with Gasteiger partial charge < -0.3 is 20.7 Å². The fourth-order valence-electron chi connectivity index (χ4n) is 2.94. The van der Waals surface area contributed by atoms with Gasteiger partial charge in [-0.25, -0.2) is 13.4 Å². The molecule has 12 heteroatoms. The Morgan fingerprint density at radius 1 is 1.28 bits per heavy atom. The Labute approximate surface area is 166 Å². The maximum absolute atomic E-state index is 12.5. The van der Waals surface area contributed by atoms with Crippen molar-refractivity contribution in [3.8, 4) is 5.75 Å². The fraction of sp³-hybridized carbons (Fsp3) is 0.235. The zero-order chi connectivity index (χ0) is 20.6. The predicted molar refractivity (Wildman–Crippen MR) is 109 cm³/mol. The van der Waals surface area contributed by atoms with E-state index in [1.165, 1.54) is 6.20 Å². The second-order valence-corrected chi connectivity index (χ2v) is 8.13. The van der Waals surface area contributed by atoms with Crippen LogP contribution in [0.1, 0.15) is 10.4 Å². The summed E-state index contributed by atoms with van der Waals surface area (Å²) in [6.07, 6.45) is 2.52. The second kappa shape index (κ2) is 7.13. The Morgan fingerprint density at radius 2 is 2.10 bits per heavy atom. The van der Waals surface area contributed by atoms with Crippen molar-refractivity contribution in [1.82, 2.24) is 19.9 Å². The third-order valence-electron chi connectivity index (χ3n) is 4.17. The molecule has 2 aromatic heterocycles. The van der Waals surface area contributed by atoms with Gasteiger partial charge >= 0.3 is 0 Å². The van der Waals surface area contributed by atoms with Gasteiger partial charge in [0.25, 0.3) is 5.91 Å². The van der Waals surface area contributed by atoms with E-state index in [1.807, 2.05) is 0 Å². The van der Waals surface area contributed by atoms with Crippen LogP contribution in [0, 0.1) is 0 Å². The van der Waals surface area contributed by atoms with Crippen molar-refractivity contribution in [2.24, 2.45) is 0 Å². The number of nitrogens with zero attached hydrogens (tertiary/aromatic N) is 3. The minimum atomic E-state index is -3.48. The molecule has 0 radical (unpaired) electrons. The van der Waals surface area contributed by atoms with E-state index in [1.54, 1.807) is 35.8 Å². The quantitative estimate of drug-likeness (QED) is 0.495. The molecule has 4 bridgehead atoms. The monoisotopic (exact) mass is 417 g/mol. The van der Waals surface area contributed by atoms with Crippen LogP contribution in [0.2, 0.25) is 0 Å². The lowest BCUT2D eigenvalue weighted by Crippen LogP contribution is -2.28. The number of hydrogen-bond donors (Lipinski definition) is 4. The smallest absolute Gasteiger partial charge is 0.256 e. The number of benzene rings is 1. The van der Waals surface area contributed by atoms with Crippen LogP contribution >= 0.6 is 0 Å². The number of anilines is 4. The highest BCUT2D eigenvalue weighted by Gasteiger charge is 2.18. The van der Waals surface area contributed by atoms with E-state index in [4.69, 9.17) is 4.74 Å². The van der Waals surface area contributed by atoms with Gasteiger partial charge in [0.2, 0.25) is 10.0 Å². The Balaban J connectivity index is 1.82. The van der Waals surface area contributed by atoms with Crippen molar-refractivity contribution < 1.29 is 17.9 Å². The van der Waals surface area contributed by atoms with Gasteiger partial charge in [0.05, 0.1) is 24.7 Å². The number of fused-ring (bicyclic) bond motifs is 3. The van der Waals surface area contributed by atoms with Crippen LogP contribution in [0.3, 0.4) is 0 Å². The number of sulfonamides is 1. The number of rotatable bonds is 3. The largest absolute Gasteiger partial charge is 0.489 e. The summed E-state index contributed by atoms with van der Waals surface area (Å²) in [6.45, 7) is 0.357. The second-order valence-electron chi connectivity index (χ2n) is 6.38. The third-order valence-corrected chi connectivity index (χ3v) is 4.76. The van der Waals surface area contributed by atoms with Gasteiger partial charge in [0.15, 0.2) is 5.65 Å². The van der Waals surface area contributed by atoms with E-state index in [-0.39, 0.29) is 19.1 Å². The van der Waals surface area contributed by atoms with Crippen LogP contribution in [0.15, 0.2) is 30.5 Å². The standard InChI is InChI=1S/C17H19N7O4S/c1-18-15-8-14-21-10-3-4-12(23-29(2,26)27)13(7-10)28-6-5-19-17(25)11-9-20-24(15)16(11)22-14/h3-4,7-9,18,23H,5-6H2,1-2H3,(H,19,25)(H,21,22). The summed E-state index contributed by atoms with van der Waals surface area (Å²) in [4.78, 5) is 17.1. The van der Waals surface area contributed by atoms with E-state index < -0.39 is 10.0 Å². The molecule has 11 nitrogen and oxygen atoms in total. The number of carbonyl (C=O) groups excluding carboxylic acids is 1. The lowest BCUT2D eigenvalue weighted by molar-refractivity contribution is 0.0948. The summed E-state index contributed by atoms with van der Waals surface area (Å²) in [6, 6.07) is 6.70. The van der Waals surface area contributed by atoms with Crippen molar-refractivity contribution in [3.05, 3.63) is 36.0 Å². The van der Waals surface area contributed by atoms with E-state index in [0.717, 1.165) is 6.26 Å². The molecule has 3 aromatic rings. The molecule has 1 aliphatic rings. The summed E-state index contributed by atoms with van der Waals surface area (Å²) < 4.78 is 32.9. The molecule has 0 saturated heterocycles. The molecule has 0 spiro atoms. The lowest BCUT2D eigenvalue weighted by Gasteiger charge is -2.15. The highest BCUT2D eigenvalue weighted by atomic mass is 32.2. The first kappa shape index (κ1) is 18.8. The first-order valence-corrected chi connectivity index (χ1v) is 10.6. The molecule has 0 aliphatic carbocycles. The Bertz CT molecular complexity index is 1210. The maximum atomic E-state index is 12.5. The van der Waals surface area contributed by atoms with Crippen molar-refractivity contribution in [3.63, 3.8) is 0 Å².